The van der Waals surface area contributed by atoms with E-state index >= 15 is 0 Å². The fraction of sp³-hybridized carbons (Fsp3) is 0.286. The normalized spacial score (nSPS) is 10.8. The monoisotopic (exact) mass is 283 g/mol. The van der Waals surface area contributed by atoms with Gasteiger partial charge in [-0.1, -0.05) is 18.2 Å². The molecule has 0 aliphatic rings. The van der Waals surface area contributed by atoms with Gasteiger partial charge in [0.2, 0.25) is 11.9 Å². The van der Waals surface area contributed by atoms with Crippen molar-refractivity contribution in [2.45, 2.75) is 6.92 Å². The third-order valence-electron chi connectivity index (χ3n) is 3.01. The van der Waals surface area contributed by atoms with Gasteiger partial charge in [0, 0.05) is 26.0 Å². The Morgan fingerprint density at radius 3 is 2.71 bits per heavy atom. The lowest BCUT2D eigenvalue weighted by Gasteiger charge is -2.13. The highest BCUT2D eigenvalue weighted by Crippen LogP contribution is 2.17. The molecule has 0 fully saturated rings. The number of fused-ring (bicyclic) bond motifs is 1. The molecule has 21 heavy (non-hydrogen) atoms. The molecule has 3 aromatic rings. The largest absolute Gasteiger partial charge is 0.354 e. The van der Waals surface area contributed by atoms with Gasteiger partial charge in [-0.3, -0.25) is 0 Å². The fourth-order valence-corrected chi connectivity index (χ4v) is 2.02. The molecule has 0 unspecified atom stereocenters. The molecular weight excluding hydrogens is 266 g/mol. The van der Waals surface area contributed by atoms with Crippen LogP contribution in [0.1, 0.15) is 6.92 Å². The second-order valence-electron chi connectivity index (χ2n) is 4.80. The molecule has 0 saturated carbocycles. The number of benzene rings is 1. The Kier molecular flexibility index (Phi) is 3.39. The quantitative estimate of drug-likeness (QED) is 0.786. The van der Waals surface area contributed by atoms with Crippen molar-refractivity contribution < 1.29 is 0 Å². The summed E-state index contributed by atoms with van der Waals surface area (Å²) in [6, 6.07) is 7.96. The zero-order valence-electron chi connectivity index (χ0n) is 12.3. The van der Waals surface area contributed by atoms with Gasteiger partial charge in [-0.15, -0.1) is 0 Å². The maximum atomic E-state index is 4.47. The third kappa shape index (κ3) is 2.49. The lowest BCUT2D eigenvalue weighted by Crippen LogP contribution is -2.17. The van der Waals surface area contributed by atoms with E-state index in [1.807, 2.05) is 50.2 Å². The van der Waals surface area contributed by atoms with Crippen LogP contribution in [0.3, 0.4) is 0 Å². The number of anilines is 2. The summed E-state index contributed by atoms with van der Waals surface area (Å²) in [5.41, 5.74) is 0.968. The average molecular weight is 283 g/mol. The zero-order valence-corrected chi connectivity index (χ0v) is 12.3. The number of para-hydroxylation sites is 1. The topological polar surface area (TPSA) is 71.8 Å². The first-order valence-corrected chi connectivity index (χ1v) is 6.79. The van der Waals surface area contributed by atoms with Crippen molar-refractivity contribution in [3.8, 4) is 5.95 Å². The first-order valence-electron chi connectivity index (χ1n) is 6.79. The lowest BCUT2D eigenvalue weighted by molar-refractivity contribution is 0.808. The molecule has 0 aliphatic heterocycles. The van der Waals surface area contributed by atoms with Gasteiger partial charge in [-0.25, -0.2) is 0 Å². The van der Waals surface area contributed by atoms with Gasteiger partial charge in [-0.2, -0.15) is 24.7 Å². The molecule has 1 aromatic carbocycles. The molecule has 1 N–H and O–H groups in total. The third-order valence-corrected chi connectivity index (χ3v) is 3.01. The van der Waals surface area contributed by atoms with Crippen LogP contribution in [0.5, 0.6) is 0 Å². The summed E-state index contributed by atoms with van der Waals surface area (Å²) in [7, 11) is 3.80. The number of hydrogen-bond donors (Lipinski definition) is 1. The Morgan fingerprint density at radius 2 is 1.95 bits per heavy atom. The van der Waals surface area contributed by atoms with Crippen LogP contribution < -0.4 is 10.2 Å². The maximum Gasteiger partial charge on any atom is 0.257 e. The van der Waals surface area contributed by atoms with Crippen LogP contribution in [-0.4, -0.2) is 45.4 Å². The highest BCUT2D eigenvalue weighted by atomic mass is 15.4. The van der Waals surface area contributed by atoms with E-state index in [1.54, 1.807) is 10.9 Å². The minimum atomic E-state index is 0.505. The molecular formula is C14H17N7. The molecule has 0 saturated heterocycles. The summed E-state index contributed by atoms with van der Waals surface area (Å²) in [6.45, 7) is 2.75. The summed E-state index contributed by atoms with van der Waals surface area (Å²) in [6.07, 6.45) is 1.81. The second kappa shape index (κ2) is 5.35. The Hall–Kier alpha value is -2.70. The predicted octanol–water partition coefficient (Wildman–Crippen LogP) is 1.71. The summed E-state index contributed by atoms with van der Waals surface area (Å²) < 4.78 is 1.73. The fourth-order valence-electron chi connectivity index (χ4n) is 2.02. The summed E-state index contributed by atoms with van der Waals surface area (Å²) in [5.74, 6) is 1.65. The van der Waals surface area contributed by atoms with Crippen LogP contribution in [0.25, 0.3) is 16.9 Å². The smallest absolute Gasteiger partial charge is 0.257 e. The van der Waals surface area contributed by atoms with E-state index in [0.717, 1.165) is 17.4 Å². The first kappa shape index (κ1) is 13.3. The molecule has 2 aromatic heterocycles. The van der Waals surface area contributed by atoms with E-state index in [4.69, 9.17) is 0 Å². The molecule has 108 valence electrons. The molecule has 0 bridgehead atoms. The van der Waals surface area contributed by atoms with Crippen molar-refractivity contribution in [1.82, 2.24) is 24.7 Å². The van der Waals surface area contributed by atoms with Crippen LogP contribution in [0, 0.1) is 0 Å². The van der Waals surface area contributed by atoms with Gasteiger partial charge in [-0.05, 0) is 13.0 Å². The molecule has 2 heterocycles. The van der Waals surface area contributed by atoms with Crippen molar-refractivity contribution in [1.29, 1.82) is 0 Å². The SMILES string of the molecule is CCNc1nc(N(C)C)nc(-n2ncc3ccccc32)n1. The minimum Gasteiger partial charge on any atom is -0.354 e. The Labute approximate surface area is 122 Å². The molecule has 7 heteroatoms. The molecule has 7 nitrogen and oxygen atoms in total. The standard InChI is InChI=1S/C14H17N7/c1-4-15-12-17-13(20(2)3)19-14(18-12)21-11-8-6-5-7-10(11)9-16-21/h5-9H,4H2,1-3H3,(H,15,17,18,19). The summed E-state index contributed by atoms with van der Waals surface area (Å²) >= 11 is 0. The Bertz CT molecular complexity index is 763. The van der Waals surface area contributed by atoms with Crippen molar-refractivity contribution in [3.63, 3.8) is 0 Å². The van der Waals surface area contributed by atoms with Crippen molar-refractivity contribution >= 4 is 22.8 Å². The second-order valence-corrected chi connectivity index (χ2v) is 4.80. The highest BCUT2D eigenvalue weighted by molar-refractivity contribution is 5.79. The average Bonchev–Trinajstić information content (AvgIpc) is 2.91. The Morgan fingerprint density at radius 1 is 1.14 bits per heavy atom. The molecule has 0 aliphatic carbocycles. The summed E-state index contributed by atoms with van der Waals surface area (Å²) in [5, 5.41) is 8.56. The van der Waals surface area contributed by atoms with Crippen LogP contribution in [-0.2, 0) is 0 Å². The minimum absolute atomic E-state index is 0.505. The lowest BCUT2D eigenvalue weighted by atomic mass is 10.3. The van der Waals surface area contributed by atoms with Crippen LogP contribution in [0.2, 0.25) is 0 Å². The van der Waals surface area contributed by atoms with Gasteiger partial charge >= 0.3 is 0 Å². The molecule has 0 atom stereocenters. The number of rotatable bonds is 4. The highest BCUT2D eigenvalue weighted by Gasteiger charge is 2.12. The van der Waals surface area contributed by atoms with Gasteiger partial charge in [0.25, 0.3) is 5.95 Å². The van der Waals surface area contributed by atoms with E-state index in [-0.39, 0.29) is 0 Å². The van der Waals surface area contributed by atoms with Crippen LogP contribution >= 0.6 is 0 Å². The molecule has 0 amide bonds. The van der Waals surface area contributed by atoms with E-state index in [9.17, 15) is 0 Å². The predicted molar refractivity (Wildman–Crippen MR) is 82.9 cm³/mol. The number of nitrogens with zero attached hydrogens (tertiary/aromatic N) is 6. The molecule has 0 radical (unpaired) electrons. The molecule has 0 spiro atoms. The van der Waals surface area contributed by atoms with Gasteiger partial charge in [0.1, 0.15) is 0 Å². The van der Waals surface area contributed by atoms with Gasteiger partial charge in [0.15, 0.2) is 0 Å². The number of hydrogen-bond acceptors (Lipinski definition) is 6. The maximum absolute atomic E-state index is 4.47. The summed E-state index contributed by atoms with van der Waals surface area (Å²) in [4.78, 5) is 15.1. The Balaban J connectivity index is 2.16. The number of aromatic nitrogens is 5. The van der Waals surface area contributed by atoms with Crippen molar-refractivity contribution in [3.05, 3.63) is 30.5 Å². The van der Waals surface area contributed by atoms with Crippen molar-refractivity contribution in [2.24, 2.45) is 0 Å². The van der Waals surface area contributed by atoms with E-state index in [0.29, 0.717) is 17.8 Å². The van der Waals surface area contributed by atoms with Crippen LogP contribution in [0.15, 0.2) is 30.5 Å². The van der Waals surface area contributed by atoms with Crippen LogP contribution in [0.4, 0.5) is 11.9 Å². The zero-order chi connectivity index (χ0) is 14.8. The first-order chi connectivity index (χ1) is 10.2. The number of nitrogens with one attached hydrogen (secondary N) is 1. The van der Waals surface area contributed by atoms with Gasteiger partial charge in [0.05, 0.1) is 11.7 Å². The van der Waals surface area contributed by atoms with Crippen molar-refractivity contribution in [2.75, 3.05) is 30.9 Å². The van der Waals surface area contributed by atoms with E-state index in [2.05, 4.69) is 25.4 Å². The van der Waals surface area contributed by atoms with E-state index < -0.39 is 0 Å². The molecule has 3 rings (SSSR count). The van der Waals surface area contributed by atoms with Gasteiger partial charge < -0.3 is 10.2 Å². The van der Waals surface area contributed by atoms with E-state index in [1.165, 1.54) is 0 Å².